The van der Waals surface area contributed by atoms with Gasteiger partial charge in [0.1, 0.15) is 5.82 Å². The van der Waals surface area contributed by atoms with Crippen LogP contribution in [0.2, 0.25) is 0 Å². The first kappa shape index (κ1) is 15.3. The van der Waals surface area contributed by atoms with E-state index in [4.69, 9.17) is 0 Å². The van der Waals surface area contributed by atoms with Crippen molar-refractivity contribution in [3.05, 3.63) is 30.2 Å². The highest BCUT2D eigenvalue weighted by atomic mass is 16.2. The Balaban J connectivity index is 1.32. The Hall–Kier alpha value is -1.95. The molecule has 2 saturated heterocycles. The van der Waals surface area contributed by atoms with Crippen LogP contribution in [0.4, 0.5) is 0 Å². The molecule has 4 heterocycles. The Morgan fingerprint density at radius 3 is 3.00 bits per heavy atom. The van der Waals surface area contributed by atoms with Gasteiger partial charge in [0.25, 0.3) is 0 Å². The topological polar surface area (TPSA) is 62.5 Å². The van der Waals surface area contributed by atoms with Gasteiger partial charge >= 0.3 is 0 Å². The van der Waals surface area contributed by atoms with Crippen molar-refractivity contribution < 1.29 is 4.79 Å². The monoisotopic (exact) mass is 339 g/mol. The van der Waals surface area contributed by atoms with Gasteiger partial charge in [0.2, 0.25) is 5.91 Å². The van der Waals surface area contributed by atoms with E-state index < -0.39 is 0 Å². The number of hydrogen-bond acceptors (Lipinski definition) is 4. The normalized spacial score (nSPS) is 28.4. The summed E-state index contributed by atoms with van der Waals surface area (Å²) in [6.45, 7) is 3.83. The number of likely N-dealkylation sites (tertiary alicyclic amines) is 1. The third-order valence-electron chi connectivity index (χ3n) is 6.53. The van der Waals surface area contributed by atoms with E-state index in [0.717, 1.165) is 69.8 Å². The summed E-state index contributed by atoms with van der Waals surface area (Å²) >= 11 is 0. The van der Waals surface area contributed by atoms with Crippen molar-refractivity contribution in [3.63, 3.8) is 0 Å². The minimum atomic E-state index is 0.267. The van der Waals surface area contributed by atoms with Gasteiger partial charge in [0.05, 0.1) is 0 Å². The zero-order chi connectivity index (χ0) is 16.9. The van der Waals surface area contributed by atoms with Crippen LogP contribution in [-0.2, 0) is 4.79 Å². The molecule has 1 saturated carbocycles. The zero-order valence-corrected chi connectivity index (χ0v) is 14.5. The maximum atomic E-state index is 13.1. The standard InChI is InChI=1S/C19H25N5O/c25-18(15-12-19(15)6-8-20-9-7-19)23-10-3-4-14(13-23)17-22-21-16-5-1-2-11-24(16)17/h1-2,5,11,14-15,20H,3-4,6-10,12-13H2. The molecule has 1 spiro atoms. The summed E-state index contributed by atoms with van der Waals surface area (Å²) in [6.07, 6.45) is 7.59. The number of hydrogen-bond donors (Lipinski definition) is 1. The van der Waals surface area contributed by atoms with Gasteiger partial charge in [-0.25, -0.2) is 0 Å². The molecular weight excluding hydrogens is 314 g/mol. The lowest BCUT2D eigenvalue weighted by Crippen LogP contribution is -2.42. The van der Waals surface area contributed by atoms with Crippen molar-refractivity contribution in [2.24, 2.45) is 11.3 Å². The average molecular weight is 339 g/mol. The van der Waals surface area contributed by atoms with Crippen LogP contribution in [-0.4, -0.2) is 51.6 Å². The van der Waals surface area contributed by atoms with Crippen LogP contribution < -0.4 is 5.32 Å². The molecule has 2 atom stereocenters. The zero-order valence-electron chi connectivity index (χ0n) is 14.5. The van der Waals surface area contributed by atoms with E-state index in [1.807, 2.05) is 24.4 Å². The van der Waals surface area contributed by atoms with Crippen molar-refractivity contribution >= 4 is 11.6 Å². The van der Waals surface area contributed by atoms with E-state index in [1.54, 1.807) is 0 Å². The molecule has 6 nitrogen and oxygen atoms in total. The van der Waals surface area contributed by atoms with Crippen LogP contribution in [0.15, 0.2) is 24.4 Å². The van der Waals surface area contributed by atoms with E-state index in [0.29, 0.717) is 11.3 Å². The van der Waals surface area contributed by atoms with Crippen LogP contribution in [0.1, 0.15) is 43.8 Å². The van der Waals surface area contributed by atoms with Crippen molar-refractivity contribution in [1.29, 1.82) is 0 Å². The number of nitrogens with zero attached hydrogens (tertiary/aromatic N) is 4. The fourth-order valence-corrected chi connectivity index (χ4v) is 4.92. The van der Waals surface area contributed by atoms with Gasteiger partial charge in [-0.3, -0.25) is 9.20 Å². The summed E-state index contributed by atoms with van der Waals surface area (Å²) in [7, 11) is 0. The predicted octanol–water partition coefficient (Wildman–Crippen LogP) is 1.82. The predicted molar refractivity (Wildman–Crippen MR) is 94.2 cm³/mol. The summed E-state index contributed by atoms with van der Waals surface area (Å²) < 4.78 is 2.07. The number of fused-ring (bicyclic) bond motifs is 1. The highest BCUT2D eigenvalue weighted by molar-refractivity contribution is 5.83. The van der Waals surface area contributed by atoms with E-state index in [1.165, 1.54) is 0 Å². The van der Waals surface area contributed by atoms with Gasteiger partial charge < -0.3 is 10.2 Å². The highest BCUT2D eigenvalue weighted by Crippen LogP contribution is 2.59. The lowest BCUT2D eigenvalue weighted by atomic mass is 9.91. The molecule has 2 unspecified atom stereocenters. The fraction of sp³-hybridized carbons (Fsp3) is 0.632. The number of nitrogens with one attached hydrogen (secondary N) is 1. The van der Waals surface area contributed by atoms with Gasteiger partial charge in [0, 0.05) is 31.1 Å². The quantitative estimate of drug-likeness (QED) is 0.907. The third-order valence-corrected chi connectivity index (χ3v) is 6.53. The second-order valence-corrected chi connectivity index (χ2v) is 7.98. The number of carbonyl (C=O) groups excluding carboxylic acids is 1. The van der Waals surface area contributed by atoms with Crippen LogP contribution in [0.5, 0.6) is 0 Å². The Morgan fingerprint density at radius 1 is 1.24 bits per heavy atom. The average Bonchev–Trinajstić information content (AvgIpc) is 3.17. The van der Waals surface area contributed by atoms with Crippen molar-refractivity contribution in [2.45, 2.75) is 38.0 Å². The molecule has 3 fully saturated rings. The second-order valence-electron chi connectivity index (χ2n) is 7.98. The molecule has 5 rings (SSSR count). The van der Waals surface area contributed by atoms with Crippen LogP contribution >= 0.6 is 0 Å². The van der Waals surface area contributed by atoms with E-state index in [-0.39, 0.29) is 11.8 Å². The number of piperidine rings is 2. The summed E-state index contributed by atoms with van der Waals surface area (Å²) in [5.41, 5.74) is 1.20. The lowest BCUT2D eigenvalue weighted by molar-refractivity contribution is -0.134. The minimum Gasteiger partial charge on any atom is -0.342 e. The summed E-state index contributed by atoms with van der Waals surface area (Å²) in [5, 5.41) is 12.1. The first-order valence-corrected chi connectivity index (χ1v) is 9.56. The highest BCUT2D eigenvalue weighted by Gasteiger charge is 2.58. The maximum Gasteiger partial charge on any atom is 0.226 e. The Morgan fingerprint density at radius 2 is 2.12 bits per heavy atom. The smallest absolute Gasteiger partial charge is 0.226 e. The number of aromatic nitrogens is 3. The summed E-state index contributed by atoms with van der Waals surface area (Å²) in [4.78, 5) is 15.2. The minimum absolute atomic E-state index is 0.267. The molecule has 2 aromatic rings. The molecule has 25 heavy (non-hydrogen) atoms. The van der Waals surface area contributed by atoms with Gasteiger partial charge in [0.15, 0.2) is 5.65 Å². The van der Waals surface area contributed by atoms with Gasteiger partial charge in [-0.1, -0.05) is 6.07 Å². The lowest BCUT2D eigenvalue weighted by Gasteiger charge is -2.33. The molecule has 132 valence electrons. The molecule has 3 aliphatic rings. The Labute approximate surface area is 147 Å². The van der Waals surface area contributed by atoms with Crippen LogP contribution in [0.3, 0.4) is 0 Å². The van der Waals surface area contributed by atoms with Gasteiger partial charge in [-0.05, 0) is 62.7 Å². The Kier molecular flexibility index (Phi) is 3.55. The van der Waals surface area contributed by atoms with Crippen molar-refractivity contribution in [2.75, 3.05) is 26.2 Å². The number of pyridine rings is 1. The van der Waals surface area contributed by atoms with Gasteiger partial charge in [-0.15, -0.1) is 10.2 Å². The molecule has 0 radical (unpaired) electrons. The molecule has 1 aliphatic carbocycles. The molecule has 6 heteroatoms. The largest absolute Gasteiger partial charge is 0.342 e. The number of carbonyl (C=O) groups is 1. The molecule has 1 amide bonds. The van der Waals surface area contributed by atoms with E-state index in [2.05, 4.69) is 24.8 Å². The molecule has 0 bridgehead atoms. The molecule has 2 aliphatic heterocycles. The van der Waals surface area contributed by atoms with Crippen molar-refractivity contribution in [3.8, 4) is 0 Å². The van der Waals surface area contributed by atoms with Crippen LogP contribution in [0, 0.1) is 11.3 Å². The fourth-order valence-electron chi connectivity index (χ4n) is 4.92. The third kappa shape index (κ3) is 2.54. The maximum absolute atomic E-state index is 13.1. The molecular formula is C19H25N5O. The number of amides is 1. The molecule has 2 aromatic heterocycles. The summed E-state index contributed by atoms with van der Waals surface area (Å²) in [5.74, 6) is 1.95. The van der Waals surface area contributed by atoms with E-state index >= 15 is 0 Å². The van der Waals surface area contributed by atoms with Gasteiger partial charge in [-0.2, -0.15) is 0 Å². The SMILES string of the molecule is O=C(C1CC12CCNCC2)N1CCCC(c2nnc3ccccn23)C1. The van der Waals surface area contributed by atoms with Crippen molar-refractivity contribution in [1.82, 2.24) is 24.8 Å². The first-order valence-electron chi connectivity index (χ1n) is 9.56. The summed E-state index contributed by atoms with van der Waals surface area (Å²) in [6, 6.07) is 5.97. The second kappa shape index (κ2) is 5.80. The van der Waals surface area contributed by atoms with Crippen LogP contribution in [0.25, 0.3) is 5.65 Å². The Bertz CT molecular complexity index is 794. The molecule has 1 N–H and O–H groups in total. The number of rotatable bonds is 2. The first-order chi connectivity index (χ1) is 12.3. The molecule has 0 aromatic carbocycles. The van der Waals surface area contributed by atoms with E-state index in [9.17, 15) is 4.79 Å².